The molecule has 54 heavy (non-hydrogen) atoms. The van der Waals surface area contributed by atoms with Gasteiger partial charge in [0.1, 0.15) is 17.5 Å². The van der Waals surface area contributed by atoms with Crippen molar-refractivity contribution in [1.82, 2.24) is 26.0 Å². The molecule has 2 aromatic rings. The van der Waals surface area contributed by atoms with Crippen LogP contribution in [-0.2, 0) is 44.5 Å². The zero-order chi connectivity index (χ0) is 39.3. The number of carboxylic acid groups (broad SMARTS) is 1. The number of carboxylic acids is 1. The minimum Gasteiger partial charge on any atom is -0.485 e. The molecular weight excluding hydrogens is 747 g/mol. The Labute approximate surface area is 316 Å². The highest BCUT2D eigenvalue weighted by atomic mass is 32.3. The summed E-state index contributed by atoms with van der Waals surface area (Å²) in [4.78, 5) is 53.7. The van der Waals surface area contributed by atoms with Crippen molar-refractivity contribution in [3.63, 3.8) is 0 Å². The lowest BCUT2D eigenvalue weighted by Gasteiger charge is -2.50. The van der Waals surface area contributed by atoms with Crippen molar-refractivity contribution < 1.29 is 45.9 Å². The topological polar surface area (TPSA) is 271 Å². The van der Waals surface area contributed by atoms with Crippen molar-refractivity contribution in [2.45, 2.75) is 63.3 Å². The van der Waals surface area contributed by atoms with Crippen LogP contribution in [0, 0.1) is 5.92 Å². The number of benzene rings is 1. The number of nitrogens with two attached hydrogens (primary N) is 2. The molecule has 294 valence electrons. The van der Waals surface area contributed by atoms with Gasteiger partial charge < -0.3 is 42.1 Å². The maximum atomic E-state index is 13.6. The van der Waals surface area contributed by atoms with E-state index < -0.39 is 57.2 Å². The highest BCUT2D eigenvalue weighted by molar-refractivity contribution is 7.81. The van der Waals surface area contributed by atoms with Crippen molar-refractivity contribution in [3.05, 3.63) is 46.6 Å². The fraction of sp³-hybridized carbons (Fsp3) is 0.515. The lowest BCUT2D eigenvalue weighted by atomic mass is 9.84. The number of anilines is 1. The summed E-state index contributed by atoms with van der Waals surface area (Å²) in [5, 5.41) is 25.4. The molecule has 3 aliphatic rings. The number of β-lactam (4-membered cyclic amide) rings is 1. The third kappa shape index (κ3) is 8.99. The Morgan fingerprint density at radius 2 is 2.07 bits per heavy atom. The number of thiazole rings is 1. The standard InChI is InChI=1S/C33H45N9O10S2/c1-32(2)27(29(44)42(32)52-54(47,48)49-4)40-28(43)26(23-18-53-31(35)39-23)41-51-33(3,30(45)46)25-9-7-21-12-20(6-8-24(21)50-25)22(16-36-11-5-10-34)17-38-15-19-13-37-14-19/h6,8,12,16-19,25,27,36-37H,5,7,9-11,13-15,34H2,1-4H3,(H2,35,39)(H,40,43)(H,45,46)/b22-16+,38-17?,41-26-/t25?,27-,33?/m1/s1. The van der Waals surface area contributed by atoms with Crippen LogP contribution in [0.4, 0.5) is 5.13 Å². The molecule has 4 heterocycles. The van der Waals surface area contributed by atoms with Gasteiger partial charge in [-0.1, -0.05) is 11.2 Å². The van der Waals surface area contributed by atoms with Gasteiger partial charge in [-0.3, -0.25) is 18.8 Å². The Balaban J connectivity index is 1.34. The van der Waals surface area contributed by atoms with Crippen molar-refractivity contribution >= 4 is 62.2 Å². The fourth-order valence-corrected chi connectivity index (χ4v) is 6.80. The van der Waals surface area contributed by atoms with Crippen LogP contribution in [0.5, 0.6) is 5.75 Å². The number of aromatic nitrogens is 1. The first kappa shape index (κ1) is 40.5. The van der Waals surface area contributed by atoms with Gasteiger partial charge in [0.2, 0.25) is 0 Å². The summed E-state index contributed by atoms with van der Waals surface area (Å²) in [5.74, 6) is -2.32. The summed E-state index contributed by atoms with van der Waals surface area (Å²) >= 11 is 0.987. The first-order valence-corrected chi connectivity index (χ1v) is 19.3. The molecule has 0 aliphatic carbocycles. The SMILES string of the molecule is COS(=O)(=O)ON1C(=O)[C@@H](NC(=O)/C(=N\OC(C)(C(=O)O)C2CCc3cc(/C(C=NCC4CNC4)=C/NCCCN)ccc3O2)c2csc(N)n2)C1(C)C. The number of oxime groups is 1. The molecule has 5 rings (SSSR count). The van der Waals surface area contributed by atoms with Gasteiger partial charge in [-0.15, -0.1) is 15.6 Å². The van der Waals surface area contributed by atoms with E-state index in [0.717, 1.165) is 54.7 Å². The first-order chi connectivity index (χ1) is 25.6. The van der Waals surface area contributed by atoms with E-state index in [9.17, 15) is 27.9 Å². The van der Waals surface area contributed by atoms with Crippen LogP contribution in [0.15, 0.2) is 39.9 Å². The average Bonchev–Trinajstić information content (AvgIpc) is 3.56. The van der Waals surface area contributed by atoms with E-state index in [0.29, 0.717) is 42.8 Å². The summed E-state index contributed by atoms with van der Waals surface area (Å²) in [7, 11) is -3.67. The fourth-order valence-electron chi connectivity index (χ4n) is 5.74. The van der Waals surface area contributed by atoms with E-state index in [1.54, 1.807) is 6.07 Å². The summed E-state index contributed by atoms with van der Waals surface area (Å²) in [6.07, 6.45) is 4.17. The van der Waals surface area contributed by atoms with Crippen LogP contribution in [0.3, 0.4) is 0 Å². The van der Waals surface area contributed by atoms with Crippen molar-refractivity contribution in [2.75, 3.05) is 45.6 Å². The number of nitrogen functional groups attached to an aromatic ring is 1. The van der Waals surface area contributed by atoms with E-state index in [1.165, 1.54) is 26.2 Å². The van der Waals surface area contributed by atoms with E-state index >= 15 is 0 Å². The second-order valence-electron chi connectivity index (χ2n) is 13.5. The number of rotatable bonds is 18. The number of carbonyl (C=O) groups excluding carboxylic acids is 2. The Bertz CT molecular complexity index is 1930. The van der Waals surface area contributed by atoms with E-state index in [1.807, 2.05) is 24.5 Å². The number of hydrogen-bond donors (Lipinski definition) is 6. The molecule has 2 unspecified atom stereocenters. The van der Waals surface area contributed by atoms with Gasteiger partial charge in [-0.05, 0) is 69.8 Å². The van der Waals surface area contributed by atoms with Crippen LogP contribution < -0.4 is 32.2 Å². The number of aryl methyl sites for hydroxylation is 1. The molecule has 2 amide bonds. The first-order valence-electron chi connectivity index (χ1n) is 17.1. The van der Waals surface area contributed by atoms with Crippen molar-refractivity contribution in [1.29, 1.82) is 0 Å². The molecule has 2 saturated heterocycles. The number of nitrogens with zero attached hydrogens (tertiary/aromatic N) is 4. The number of aliphatic carboxylic acids is 1. The molecule has 1 aromatic heterocycles. The number of amides is 2. The lowest BCUT2D eigenvalue weighted by molar-refractivity contribution is -0.218. The largest absolute Gasteiger partial charge is 0.485 e. The molecule has 0 spiro atoms. The van der Waals surface area contributed by atoms with E-state index in [-0.39, 0.29) is 17.2 Å². The Morgan fingerprint density at radius 1 is 1.31 bits per heavy atom. The number of nitrogens with one attached hydrogen (secondary N) is 3. The third-order valence-corrected chi connectivity index (χ3v) is 10.7. The molecule has 2 fully saturated rings. The summed E-state index contributed by atoms with van der Waals surface area (Å²) in [6, 6.07) is 4.32. The predicted molar refractivity (Wildman–Crippen MR) is 199 cm³/mol. The monoisotopic (exact) mass is 791 g/mol. The molecule has 0 bridgehead atoms. The molecule has 0 saturated carbocycles. The Kier molecular flexibility index (Phi) is 12.6. The molecule has 8 N–H and O–H groups in total. The van der Waals surface area contributed by atoms with Crippen LogP contribution in [-0.4, -0.2) is 116 Å². The van der Waals surface area contributed by atoms with Gasteiger partial charge in [0, 0.05) is 55.5 Å². The number of hydrogen-bond acceptors (Lipinski definition) is 17. The molecule has 19 nitrogen and oxygen atoms in total. The zero-order valence-corrected chi connectivity index (χ0v) is 31.9. The number of carbonyl (C=O) groups is 3. The molecular formula is C33H45N9O10S2. The van der Waals surface area contributed by atoms with Crippen LogP contribution in [0.2, 0.25) is 0 Å². The van der Waals surface area contributed by atoms with Gasteiger partial charge in [0.05, 0.1) is 12.6 Å². The van der Waals surface area contributed by atoms with Crippen molar-refractivity contribution in [3.8, 4) is 5.75 Å². The number of allylic oxidation sites excluding steroid dienone is 1. The van der Waals surface area contributed by atoms with E-state index in [2.05, 4.69) is 35.3 Å². The number of fused-ring (bicyclic) bond motifs is 1. The summed E-state index contributed by atoms with van der Waals surface area (Å²) in [6.45, 7) is 8.04. The maximum Gasteiger partial charge on any atom is 0.420 e. The Hall–Kier alpha value is -4.67. The smallest absolute Gasteiger partial charge is 0.420 e. The zero-order valence-electron chi connectivity index (χ0n) is 30.2. The molecule has 1 aromatic carbocycles. The summed E-state index contributed by atoms with van der Waals surface area (Å²) < 4.78 is 38.8. The highest BCUT2D eigenvalue weighted by Gasteiger charge is 2.58. The quantitative estimate of drug-likeness (QED) is 0.0509. The highest BCUT2D eigenvalue weighted by Crippen LogP contribution is 2.36. The Morgan fingerprint density at radius 3 is 2.69 bits per heavy atom. The van der Waals surface area contributed by atoms with Gasteiger partial charge in [-0.2, -0.15) is 13.5 Å². The third-order valence-electron chi connectivity index (χ3n) is 9.25. The number of hydroxylamine groups is 2. The number of aliphatic imine (C=N–C) groups is 1. The molecule has 3 aliphatic heterocycles. The van der Waals surface area contributed by atoms with Gasteiger partial charge in [-0.25, -0.2) is 9.78 Å². The van der Waals surface area contributed by atoms with Gasteiger partial charge in [0.25, 0.3) is 17.4 Å². The van der Waals surface area contributed by atoms with Crippen molar-refractivity contribution in [2.24, 2.45) is 21.8 Å². The maximum absolute atomic E-state index is 13.6. The minimum absolute atomic E-state index is 0.0564. The predicted octanol–water partition coefficient (Wildman–Crippen LogP) is 0.181. The second-order valence-corrected chi connectivity index (χ2v) is 15.7. The van der Waals surface area contributed by atoms with Crippen LogP contribution in [0.1, 0.15) is 50.4 Å². The number of ether oxygens (including phenoxy) is 1. The van der Waals surface area contributed by atoms with E-state index in [4.69, 9.17) is 25.3 Å². The second kappa shape index (κ2) is 16.8. The average molecular weight is 792 g/mol. The normalized spacial score (nSPS) is 21.4. The van der Waals surface area contributed by atoms with Crippen LogP contribution >= 0.6 is 11.3 Å². The molecule has 21 heteroatoms. The summed E-state index contributed by atoms with van der Waals surface area (Å²) in [5.41, 5.74) is 10.1. The lowest BCUT2D eigenvalue weighted by Crippen LogP contribution is -2.77. The molecule has 3 atom stereocenters. The van der Waals surface area contributed by atoms with Gasteiger partial charge >= 0.3 is 16.4 Å². The van der Waals surface area contributed by atoms with Crippen LogP contribution in [0.25, 0.3) is 5.57 Å². The molecule has 0 radical (unpaired) electrons. The van der Waals surface area contributed by atoms with Gasteiger partial charge in [0.15, 0.2) is 16.9 Å². The minimum atomic E-state index is -4.53.